The summed E-state index contributed by atoms with van der Waals surface area (Å²) in [6, 6.07) is -1.05. The average Bonchev–Trinajstić information content (AvgIpc) is 3.44. The highest BCUT2D eigenvalue weighted by Gasteiger charge is 2.47. The number of ether oxygens (including phenoxy) is 1. The molecule has 3 heterocycles. The molecule has 3 aliphatic heterocycles. The number of piperidine rings is 1. The first-order valence-corrected chi connectivity index (χ1v) is 13.2. The molecule has 3 fully saturated rings. The molecule has 1 saturated carbocycles. The number of likely N-dealkylation sites (tertiary alicyclic amines) is 1. The molecule has 2 atom stereocenters. The number of nitrogens with zero attached hydrogens (tertiary/aromatic N) is 2. The second-order valence-electron chi connectivity index (χ2n) is 10.5. The third-order valence-corrected chi connectivity index (χ3v) is 8.24. The Morgan fingerprint density at radius 3 is 2.64 bits per heavy atom. The van der Waals surface area contributed by atoms with Gasteiger partial charge in [-0.25, -0.2) is 9.18 Å². The molecular formula is C25H27ClF4N4O5. The summed E-state index contributed by atoms with van der Waals surface area (Å²) in [5.41, 5.74) is -0.104. The van der Waals surface area contributed by atoms with Crippen molar-refractivity contribution in [1.29, 1.82) is 0 Å². The van der Waals surface area contributed by atoms with Crippen LogP contribution in [0.25, 0.3) is 0 Å². The number of imide groups is 1. The predicted octanol–water partition coefficient (Wildman–Crippen LogP) is 3.27. The number of benzene rings is 1. The van der Waals surface area contributed by atoms with Crippen molar-refractivity contribution < 1.29 is 41.5 Å². The summed E-state index contributed by atoms with van der Waals surface area (Å²) in [5.74, 6) is -2.67. The van der Waals surface area contributed by atoms with Crippen LogP contribution < -0.4 is 10.6 Å². The Bertz CT molecular complexity index is 1210. The van der Waals surface area contributed by atoms with Crippen LogP contribution in [-0.2, 0) is 27.4 Å². The molecule has 1 aromatic rings. The summed E-state index contributed by atoms with van der Waals surface area (Å²) in [5, 5.41) is 4.70. The van der Waals surface area contributed by atoms with E-state index in [9.17, 15) is 32.3 Å². The van der Waals surface area contributed by atoms with Gasteiger partial charge in [-0.15, -0.1) is 0 Å². The fourth-order valence-electron chi connectivity index (χ4n) is 5.87. The summed E-state index contributed by atoms with van der Waals surface area (Å²) in [6.07, 6.45) is -3.86. The van der Waals surface area contributed by atoms with E-state index >= 15 is 4.39 Å². The van der Waals surface area contributed by atoms with E-state index in [1.807, 2.05) is 0 Å². The summed E-state index contributed by atoms with van der Waals surface area (Å²) in [6.45, 7) is 0.292. The van der Waals surface area contributed by atoms with Gasteiger partial charge in [-0.05, 0) is 50.6 Å². The number of carbonyl (C=O) groups excluding carboxylic acids is 4. The Morgan fingerprint density at radius 1 is 1.21 bits per heavy atom. The number of amides is 4. The van der Waals surface area contributed by atoms with Crippen molar-refractivity contribution in [3.63, 3.8) is 0 Å². The molecule has 39 heavy (non-hydrogen) atoms. The molecule has 5 rings (SSSR count). The number of hydrogen-bond donors (Lipinski definition) is 2. The number of alkyl carbamates (subject to hydrolysis) is 1. The molecule has 212 valence electrons. The maximum absolute atomic E-state index is 15.3. The van der Waals surface area contributed by atoms with Gasteiger partial charge >= 0.3 is 12.3 Å². The van der Waals surface area contributed by atoms with Crippen LogP contribution in [0.2, 0.25) is 5.02 Å². The normalized spacial score (nSPS) is 27.3. The van der Waals surface area contributed by atoms with Crippen LogP contribution in [0.4, 0.5) is 22.4 Å². The van der Waals surface area contributed by atoms with E-state index in [-0.39, 0.29) is 60.0 Å². The lowest BCUT2D eigenvalue weighted by molar-refractivity contribution is -0.178. The Morgan fingerprint density at radius 2 is 1.95 bits per heavy atom. The van der Waals surface area contributed by atoms with Gasteiger partial charge in [0.2, 0.25) is 11.8 Å². The van der Waals surface area contributed by atoms with E-state index in [0.29, 0.717) is 32.4 Å². The number of alkyl halides is 3. The van der Waals surface area contributed by atoms with Gasteiger partial charge in [0, 0.05) is 42.2 Å². The summed E-state index contributed by atoms with van der Waals surface area (Å²) in [4.78, 5) is 51.5. The monoisotopic (exact) mass is 574 g/mol. The fourth-order valence-corrected chi connectivity index (χ4v) is 6.15. The van der Waals surface area contributed by atoms with E-state index in [1.165, 1.54) is 15.9 Å². The molecule has 9 nitrogen and oxygen atoms in total. The van der Waals surface area contributed by atoms with Crippen molar-refractivity contribution in [1.82, 2.24) is 20.4 Å². The molecule has 0 radical (unpaired) electrons. The molecule has 1 aromatic carbocycles. The first kappa shape index (κ1) is 27.6. The number of hydrogen-bond acceptors (Lipinski definition) is 6. The Hall–Kier alpha value is -2.93. The molecular weight excluding hydrogens is 548 g/mol. The highest BCUT2D eigenvalue weighted by Crippen LogP contribution is 2.38. The van der Waals surface area contributed by atoms with E-state index in [4.69, 9.17) is 16.3 Å². The van der Waals surface area contributed by atoms with Gasteiger partial charge in [-0.3, -0.25) is 24.6 Å². The lowest BCUT2D eigenvalue weighted by Gasteiger charge is -2.38. The summed E-state index contributed by atoms with van der Waals surface area (Å²) in [7, 11) is 0. The maximum Gasteiger partial charge on any atom is 0.407 e. The van der Waals surface area contributed by atoms with Crippen molar-refractivity contribution in [3.8, 4) is 0 Å². The quantitative estimate of drug-likeness (QED) is 0.399. The van der Waals surface area contributed by atoms with Gasteiger partial charge in [-0.1, -0.05) is 11.6 Å². The van der Waals surface area contributed by atoms with Crippen LogP contribution >= 0.6 is 11.6 Å². The molecule has 0 spiro atoms. The minimum Gasteiger partial charge on any atom is -0.446 e. The number of nitrogens with one attached hydrogen (secondary N) is 2. The second kappa shape index (κ2) is 10.6. The number of carbonyl (C=O) groups is 4. The molecule has 0 bridgehead atoms. The largest absolute Gasteiger partial charge is 0.446 e. The van der Waals surface area contributed by atoms with Gasteiger partial charge in [0.05, 0.1) is 5.56 Å². The standard InChI is InChI=1S/C25H27ClF4N4O5/c26-16-8-13(21(27)20-15(16)11-34(23(20)37)17-3-4-19(35)32-22(17)36)9-31-24(38)39-14-6-12(7-14)10-33-5-1-2-18(33)25(28,29)30/h8,12,14,17-18H,1-7,9-11H2,(H,31,38)(H,32,35,36). The van der Waals surface area contributed by atoms with E-state index in [0.717, 1.165) is 0 Å². The minimum atomic E-state index is -4.25. The van der Waals surface area contributed by atoms with Crippen LogP contribution in [0.1, 0.15) is 60.0 Å². The first-order valence-electron chi connectivity index (χ1n) is 12.8. The van der Waals surface area contributed by atoms with Gasteiger partial charge in [-0.2, -0.15) is 13.2 Å². The minimum absolute atomic E-state index is 0.00274. The van der Waals surface area contributed by atoms with Crippen molar-refractivity contribution in [2.45, 2.75) is 76.0 Å². The number of fused-ring (bicyclic) bond motifs is 1. The third-order valence-electron chi connectivity index (χ3n) is 7.91. The molecule has 14 heteroatoms. The fraction of sp³-hybridized carbons (Fsp3) is 0.600. The Kier molecular flexibility index (Phi) is 7.49. The van der Waals surface area contributed by atoms with Gasteiger partial charge < -0.3 is 15.0 Å². The predicted molar refractivity (Wildman–Crippen MR) is 128 cm³/mol. The Labute approximate surface area is 226 Å². The van der Waals surface area contributed by atoms with E-state index in [1.54, 1.807) is 0 Å². The smallest absolute Gasteiger partial charge is 0.407 e. The topological polar surface area (TPSA) is 108 Å². The molecule has 2 saturated heterocycles. The molecule has 1 aliphatic carbocycles. The van der Waals surface area contributed by atoms with E-state index in [2.05, 4.69) is 10.6 Å². The van der Waals surface area contributed by atoms with Gasteiger partial charge in [0.25, 0.3) is 5.91 Å². The first-order chi connectivity index (χ1) is 18.4. The third kappa shape index (κ3) is 5.56. The lowest BCUT2D eigenvalue weighted by atomic mass is 9.82. The van der Waals surface area contributed by atoms with Crippen molar-refractivity contribution in [2.24, 2.45) is 5.92 Å². The highest BCUT2D eigenvalue weighted by molar-refractivity contribution is 6.32. The molecule has 4 amide bonds. The number of rotatable bonds is 6. The maximum atomic E-state index is 15.3. The van der Waals surface area contributed by atoms with Crippen LogP contribution in [0, 0.1) is 11.7 Å². The second-order valence-corrected chi connectivity index (χ2v) is 10.9. The zero-order valence-electron chi connectivity index (χ0n) is 20.8. The summed E-state index contributed by atoms with van der Waals surface area (Å²) >= 11 is 6.31. The van der Waals surface area contributed by atoms with Crippen molar-refractivity contribution in [3.05, 3.63) is 33.6 Å². The van der Waals surface area contributed by atoms with Crippen LogP contribution in [0.5, 0.6) is 0 Å². The van der Waals surface area contributed by atoms with Crippen LogP contribution in [0.15, 0.2) is 6.07 Å². The van der Waals surface area contributed by atoms with Crippen LogP contribution in [-0.4, -0.2) is 71.1 Å². The number of halogens is 5. The van der Waals surface area contributed by atoms with Gasteiger partial charge in [0.15, 0.2) is 0 Å². The lowest BCUT2D eigenvalue weighted by Crippen LogP contribution is -2.52. The van der Waals surface area contributed by atoms with Crippen molar-refractivity contribution >= 4 is 35.4 Å². The van der Waals surface area contributed by atoms with Gasteiger partial charge in [0.1, 0.15) is 24.0 Å². The molecule has 4 aliphatic rings. The molecule has 2 unspecified atom stereocenters. The van der Waals surface area contributed by atoms with Crippen molar-refractivity contribution in [2.75, 3.05) is 13.1 Å². The average molecular weight is 575 g/mol. The summed E-state index contributed by atoms with van der Waals surface area (Å²) < 4.78 is 60.0. The van der Waals surface area contributed by atoms with Crippen LogP contribution in [0.3, 0.4) is 0 Å². The zero-order valence-corrected chi connectivity index (χ0v) is 21.5. The zero-order chi connectivity index (χ0) is 28.1. The Balaban J connectivity index is 1.13. The molecule has 2 N–H and O–H groups in total. The SMILES string of the molecule is O=C1CCC(N2Cc3c(Cl)cc(CNC(=O)OC4CC(CN5CCCC5C(F)(F)F)C4)c(F)c3C2=O)C(=O)N1. The molecule has 0 aromatic heterocycles. The van der Waals surface area contributed by atoms with E-state index < -0.39 is 54.0 Å². The highest BCUT2D eigenvalue weighted by atomic mass is 35.5.